The van der Waals surface area contributed by atoms with Gasteiger partial charge in [0.05, 0.1) is 7.57 Å². The smallest absolute Gasteiger partial charge is 0.0758 e. The van der Waals surface area contributed by atoms with Gasteiger partial charge >= 0.3 is 0 Å². The van der Waals surface area contributed by atoms with Crippen molar-refractivity contribution in [1.29, 1.82) is 0 Å². The lowest BCUT2D eigenvalue weighted by atomic mass is 9.98. The van der Waals surface area contributed by atoms with Gasteiger partial charge in [-0.05, 0) is 93.4 Å². The Bertz CT molecular complexity index is 607. The molecular weight excluding hydrogens is 410 g/mol. The summed E-state index contributed by atoms with van der Waals surface area (Å²) >= 11 is 9.02. The Labute approximate surface area is 148 Å². The Morgan fingerprint density at radius 3 is 2.48 bits per heavy atom. The van der Waals surface area contributed by atoms with Crippen molar-refractivity contribution in [2.45, 2.75) is 39.7 Å². The van der Waals surface area contributed by atoms with Crippen molar-refractivity contribution >= 4 is 43.2 Å². The van der Waals surface area contributed by atoms with E-state index in [4.69, 9.17) is 0 Å². The zero-order valence-electron chi connectivity index (χ0n) is 12.7. The molecule has 1 heterocycles. The summed E-state index contributed by atoms with van der Waals surface area (Å²) in [5, 5.41) is 3.68. The van der Waals surface area contributed by atoms with Crippen LogP contribution in [0.5, 0.6) is 0 Å². The number of halogens is 2. The van der Waals surface area contributed by atoms with E-state index in [9.17, 15) is 0 Å². The minimum absolute atomic E-state index is 0.351. The highest BCUT2D eigenvalue weighted by atomic mass is 79.9. The molecule has 0 radical (unpaired) electrons. The molecular formula is C17H21Br2NS. The molecule has 0 saturated heterocycles. The van der Waals surface area contributed by atoms with E-state index in [0.29, 0.717) is 6.04 Å². The van der Waals surface area contributed by atoms with Gasteiger partial charge in [0.15, 0.2) is 0 Å². The minimum atomic E-state index is 0.351. The third-order valence-corrected chi connectivity index (χ3v) is 6.10. The first-order valence-electron chi connectivity index (χ1n) is 7.25. The first-order chi connectivity index (χ1) is 10.0. The van der Waals surface area contributed by atoms with Crippen molar-refractivity contribution in [2.75, 3.05) is 6.54 Å². The molecule has 21 heavy (non-hydrogen) atoms. The van der Waals surface area contributed by atoms with E-state index in [0.717, 1.165) is 19.4 Å². The van der Waals surface area contributed by atoms with E-state index >= 15 is 0 Å². The van der Waals surface area contributed by atoms with Gasteiger partial charge in [-0.1, -0.05) is 25.1 Å². The SMILES string of the molecule is CCCNC(Cc1ccc(C)c(C)c1)c1cc(Br)sc1Br. The molecule has 0 amide bonds. The highest BCUT2D eigenvalue weighted by molar-refractivity contribution is 9.12. The summed E-state index contributed by atoms with van der Waals surface area (Å²) in [5.41, 5.74) is 5.46. The molecule has 0 bridgehead atoms. The second-order valence-electron chi connectivity index (χ2n) is 5.41. The van der Waals surface area contributed by atoms with Crippen LogP contribution in [0, 0.1) is 13.8 Å². The number of rotatable bonds is 6. The Hall–Kier alpha value is -0.160. The van der Waals surface area contributed by atoms with Crippen LogP contribution in [0.3, 0.4) is 0 Å². The average molecular weight is 431 g/mol. The highest BCUT2D eigenvalue weighted by Gasteiger charge is 2.17. The molecule has 4 heteroatoms. The Morgan fingerprint density at radius 2 is 1.90 bits per heavy atom. The van der Waals surface area contributed by atoms with Crippen LogP contribution in [-0.2, 0) is 6.42 Å². The van der Waals surface area contributed by atoms with Gasteiger partial charge in [0, 0.05) is 6.04 Å². The molecule has 2 aromatic rings. The quantitative estimate of drug-likeness (QED) is 0.577. The van der Waals surface area contributed by atoms with E-state index in [1.807, 2.05) is 0 Å². The zero-order valence-corrected chi connectivity index (χ0v) is 16.7. The molecule has 0 spiro atoms. The second kappa shape index (κ2) is 7.91. The molecule has 114 valence electrons. The van der Waals surface area contributed by atoms with Gasteiger partial charge in [0.2, 0.25) is 0 Å². The first-order valence-corrected chi connectivity index (χ1v) is 9.65. The van der Waals surface area contributed by atoms with Crippen LogP contribution in [-0.4, -0.2) is 6.54 Å². The van der Waals surface area contributed by atoms with Crippen molar-refractivity contribution in [3.8, 4) is 0 Å². The van der Waals surface area contributed by atoms with E-state index in [-0.39, 0.29) is 0 Å². The number of hydrogen-bond donors (Lipinski definition) is 1. The molecule has 0 aliphatic carbocycles. The standard InChI is InChI=1S/C17H21Br2NS/c1-4-7-20-15(14-10-16(18)21-17(14)19)9-13-6-5-11(2)12(3)8-13/h5-6,8,10,15,20H,4,7,9H2,1-3H3. The first kappa shape index (κ1) is 17.2. The zero-order chi connectivity index (χ0) is 15.4. The fourth-order valence-corrected chi connectivity index (χ4v) is 5.34. The summed E-state index contributed by atoms with van der Waals surface area (Å²) in [5.74, 6) is 0. The molecule has 1 unspecified atom stereocenters. The fraction of sp³-hybridized carbons (Fsp3) is 0.412. The van der Waals surface area contributed by atoms with E-state index < -0.39 is 0 Å². The van der Waals surface area contributed by atoms with Crippen LogP contribution in [0.4, 0.5) is 0 Å². The predicted octanol–water partition coefficient (Wildman–Crippen LogP) is 6.17. The van der Waals surface area contributed by atoms with Crippen molar-refractivity contribution in [1.82, 2.24) is 5.32 Å². The lowest BCUT2D eigenvalue weighted by Crippen LogP contribution is -2.24. The largest absolute Gasteiger partial charge is 0.310 e. The van der Waals surface area contributed by atoms with Gasteiger partial charge in [0.1, 0.15) is 0 Å². The summed E-state index contributed by atoms with van der Waals surface area (Å²) in [7, 11) is 0. The molecule has 1 atom stereocenters. The van der Waals surface area contributed by atoms with Crippen LogP contribution in [0.25, 0.3) is 0 Å². The molecule has 1 N–H and O–H groups in total. The van der Waals surface area contributed by atoms with Gasteiger partial charge in [-0.25, -0.2) is 0 Å². The molecule has 0 saturated carbocycles. The van der Waals surface area contributed by atoms with Crippen molar-refractivity contribution in [3.63, 3.8) is 0 Å². The maximum absolute atomic E-state index is 3.70. The third-order valence-electron chi connectivity index (χ3n) is 3.71. The molecule has 0 aliphatic rings. The van der Waals surface area contributed by atoms with E-state index in [1.165, 1.54) is 29.8 Å². The minimum Gasteiger partial charge on any atom is -0.310 e. The van der Waals surface area contributed by atoms with Gasteiger partial charge in [0.25, 0.3) is 0 Å². The maximum Gasteiger partial charge on any atom is 0.0758 e. The van der Waals surface area contributed by atoms with Crippen molar-refractivity contribution in [3.05, 3.63) is 54.1 Å². The lowest BCUT2D eigenvalue weighted by molar-refractivity contribution is 0.529. The highest BCUT2D eigenvalue weighted by Crippen LogP contribution is 2.36. The molecule has 0 aliphatic heterocycles. The van der Waals surface area contributed by atoms with Crippen LogP contribution in [0.2, 0.25) is 0 Å². The second-order valence-corrected chi connectivity index (χ2v) is 9.16. The van der Waals surface area contributed by atoms with Crippen molar-refractivity contribution < 1.29 is 0 Å². The summed E-state index contributed by atoms with van der Waals surface area (Å²) in [6.45, 7) is 7.59. The van der Waals surface area contributed by atoms with Gasteiger partial charge < -0.3 is 5.32 Å². The maximum atomic E-state index is 3.70. The Kier molecular flexibility index (Phi) is 6.48. The Balaban J connectivity index is 2.23. The summed E-state index contributed by atoms with van der Waals surface area (Å²) in [6, 6.07) is 9.36. The average Bonchev–Trinajstić information content (AvgIpc) is 2.77. The van der Waals surface area contributed by atoms with Crippen LogP contribution < -0.4 is 5.32 Å². The number of nitrogens with one attached hydrogen (secondary N) is 1. The van der Waals surface area contributed by atoms with E-state index in [2.05, 4.69) is 82.2 Å². The van der Waals surface area contributed by atoms with Crippen LogP contribution >= 0.6 is 43.2 Å². The molecule has 1 aromatic heterocycles. The topological polar surface area (TPSA) is 12.0 Å². The summed E-state index contributed by atoms with van der Waals surface area (Å²) in [4.78, 5) is 0. The molecule has 1 aromatic carbocycles. The number of hydrogen-bond acceptors (Lipinski definition) is 2. The molecule has 2 rings (SSSR count). The van der Waals surface area contributed by atoms with Crippen LogP contribution in [0.15, 0.2) is 31.8 Å². The lowest BCUT2D eigenvalue weighted by Gasteiger charge is -2.19. The van der Waals surface area contributed by atoms with Gasteiger partial charge in [-0.15, -0.1) is 11.3 Å². The number of thiophene rings is 1. The summed E-state index contributed by atoms with van der Waals surface area (Å²) in [6.07, 6.45) is 2.16. The Morgan fingerprint density at radius 1 is 1.14 bits per heavy atom. The number of benzene rings is 1. The van der Waals surface area contributed by atoms with E-state index in [1.54, 1.807) is 11.3 Å². The summed E-state index contributed by atoms with van der Waals surface area (Å²) < 4.78 is 2.39. The van der Waals surface area contributed by atoms with Gasteiger partial charge in [-0.3, -0.25) is 0 Å². The third kappa shape index (κ3) is 4.65. The number of aryl methyl sites for hydroxylation is 2. The van der Waals surface area contributed by atoms with Crippen LogP contribution in [0.1, 0.15) is 41.6 Å². The molecule has 1 nitrogen and oxygen atoms in total. The fourth-order valence-electron chi connectivity index (χ4n) is 2.37. The van der Waals surface area contributed by atoms with Gasteiger partial charge in [-0.2, -0.15) is 0 Å². The normalized spacial score (nSPS) is 12.6. The molecule has 0 fully saturated rings. The monoisotopic (exact) mass is 429 g/mol. The van der Waals surface area contributed by atoms with Crippen molar-refractivity contribution in [2.24, 2.45) is 0 Å². The predicted molar refractivity (Wildman–Crippen MR) is 100 cm³/mol.